The number of nitrogens with one attached hydrogen (secondary N) is 2. The van der Waals surface area contributed by atoms with Crippen LogP contribution in [0.15, 0.2) is 54.6 Å². The number of carbonyl (C=O) groups is 1. The lowest BCUT2D eigenvalue weighted by atomic mass is 10.2. The van der Waals surface area contributed by atoms with Crippen LogP contribution >= 0.6 is 11.6 Å². The van der Waals surface area contributed by atoms with Crippen LogP contribution in [0.5, 0.6) is 0 Å². The molecule has 0 aliphatic heterocycles. The van der Waals surface area contributed by atoms with Gasteiger partial charge in [-0.25, -0.2) is 4.39 Å². The highest BCUT2D eigenvalue weighted by atomic mass is 35.5. The molecule has 0 aliphatic carbocycles. The summed E-state index contributed by atoms with van der Waals surface area (Å²) in [5.74, 6) is -0.698. The Morgan fingerprint density at radius 1 is 1.12 bits per heavy atom. The average Bonchev–Trinajstić information content (AvgIpc) is 2.66. The third-order valence-corrected chi connectivity index (χ3v) is 3.67. The first-order chi connectivity index (χ1) is 12.6. The Labute approximate surface area is 153 Å². The molecule has 6 nitrogen and oxygen atoms in total. The van der Waals surface area contributed by atoms with Gasteiger partial charge in [-0.3, -0.25) is 4.79 Å². The van der Waals surface area contributed by atoms with E-state index in [2.05, 4.69) is 26.9 Å². The van der Waals surface area contributed by atoms with Gasteiger partial charge in [0.05, 0.1) is 16.3 Å². The summed E-state index contributed by atoms with van der Waals surface area (Å²) in [4.78, 5) is 12.2. The zero-order chi connectivity index (χ0) is 18.5. The van der Waals surface area contributed by atoms with Gasteiger partial charge in [-0.1, -0.05) is 23.7 Å². The summed E-state index contributed by atoms with van der Waals surface area (Å²) < 4.78 is 13.1. The van der Waals surface area contributed by atoms with Crippen LogP contribution in [-0.4, -0.2) is 16.1 Å². The highest BCUT2D eigenvalue weighted by molar-refractivity contribution is 6.31. The molecule has 1 heterocycles. The van der Waals surface area contributed by atoms with E-state index in [4.69, 9.17) is 16.9 Å². The molecule has 0 saturated carbocycles. The first-order valence-electron chi connectivity index (χ1n) is 7.43. The van der Waals surface area contributed by atoms with E-state index in [1.165, 1.54) is 18.2 Å². The summed E-state index contributed by atoms with van der Waals surface area (Å²) in [6.07, 6.45) is 0. The molecule has 128 valence electrons. The maximum atomic E-state index is 13.1. The lowest BCUT2D eigenvalue weighted by molar-refractivity contribution is 0.102. The molecule has 0 spiro atoms. The van der Waals surface area contributed by atoms with E-state index in [1.54, 1.807) is 30.3 Å². The summed E-state index contributed by atoms with van der Waals surface area (Å²) in [6, 6.07) is 15.9. The van der Waals surface area contributed by atoms with Crippen molar-refractivity contribution in [2.24, 2.45) is 0 Å². The first kappa shape index (κ1) is 17.3. The molecule has 2 aromatic carbocycles. The number of nitrogens with zero attached hydrogens (tertiary/aromatic N) is 3. The van der Waals surface area contributed by atoms with Crippen molar-refractivity contribution in [3.8, 4) is 6.07 Å². The Kier molecular flexibility index (Phi) is 5.06. The topological polar surface area (TPSA) is 90.7 Å². The van der Waals surface area contributed by atoms with Gasteiger partial charge in [0.1, 0.15) is 11.9 Å². The minimum Gasteiger partial charge on any atom is -0.338 e. The highest BCUT2D eigenvalue weighted by Crippen LogP contribution is 2.20. The second-order valence-electron chi connectivity index (χ2n) is 5.17. The second-order valence-corrected chi connectivity index (χ2v) is 5.58. The minimum absolute atomic E-state index is 0.0737. The molecule has 0 fully saturated rings. The SMILES string of the molecule is N#Cc1ccccc1Nc1ccc(C(=O)Nc2ccc(F)c(Cl)c2)nn1. The number of nitriles is 1. The number of para-hydroxylation sites is 1. The predicted octanol–water partition coefficient (Wildman–Crippen LogP) is 4.14. The van der Waals surface area contributed by atoms with Gasteiger partial charge in [0, 0.05) is 5.69 Å². The Morgan fingerprint density at radius 2 is 1.92 bits per heavy atom. The van der Waals surface area contributed by atoms with E-state index in [0.717, 1.165) is 6.07 Å². The number of hydrogen-bond donors (Lipinski definition) is 2. The van der Waals surface area contributed by atoms with E-state index in [0.29, 0.717) is 22.8 Å². The number of halogens is 2. The van der Waals surface area contributed by atoms with Gasteiger partial charge in [0.25, 0.3) is 5.91 Å². The van der Waals surface area contributed by atoms with Crippen molar-refractivity contribution in [2.75, 3.05) is 10.6 Å². The maximum absolute atomic E-state index is 13.1. The molecule has 0 unspecified atom stereocenters. The summed E-state index contributed by atoms with van der Waals surface area (Å²) in [6.45, 7) is 0. The van der Waals surface area contributed by atoms with Gasteiger partial charge >= 0.3 is 0 Å². The molecule has 1 aromatic heterocycles. The van der Waals surface area contributed by atoms with Crippen LogP contribution < -0.4 is 10.6 Å². The van der Waals surface area contributed by atoms with Gasteiger partial charge in [0.2, 0.25) is 0 Å². The third-order valence-electron chi connectivity index (χ3n) is 3.38. The van der Waals surface area contributed by atoms with Crippen molar-refractivity contribution < 1.29 is 9.18 Å². The molecular formula is C18H11ClFN5O. The fraction of sp³-hybridized carbons (Fsp3) is 0. The standard InChI is InChI=1S/C18H11ClFN5O/c19-13-9-12(5-6-14(13)20)22-18(26)16-7-8-17(25-24-16)23-15-4-2-1-3-11(15)10-21/h1-9H,(H,22,26)(H,23,25). The quantitative estimate of drug-likeness (QED) is 0.723. The zero-order valence-corrected chi connectivity index (χ0v) is 14.0. The van der Waals surface area contributed by atoms with Crippen LogP contribution in [0.2, 0.25) is 5.02 Å². The van der Waals surface area contributed by atoms with Crippen molar-refractivity contribution in [2.45, 2.75) is 0 Å². The summed E-state index contributed by atoms with van der Waals surface area (Å²) in [5, 5.41) is 22.3. The molecule has 0 radical (unpaired) electrons. The Morgan fingerprint density at radius 3 is 2.62 bits per heavy atom. The van der Waals surface area contributed by atoms with Gasteiger partial charge in [-0.05, 0) is 42.5 Å². The van der Waals surface area contributed by atoms with Crippen LogP contribution in [0.25, 0.3) is 0 Å². The monoisotopic (exact) mass is 367 g/mol. The van der Waals surface area contributed by atoms with E-state index in [1.807, 2.05) is 0 Å². The fourth-order valence-corrected chi connectivity index (χ4v) is 2.30. The number of carbonyl (C=O) groups excluding carboxylic acids is 1. The number of anilines is 3. The number of amides is 1. The highest BCUT2D eigenvalue weighted by Gasteiger charge is 2.11. The second kappa shape index (κ2) is 7.59. The van der Waals surface area contributed by atoms with Crippen molar-refractivity contribution in [3.63, 3.8) is 0 Å². The van der Waals surface area contributed by atoms with Crippen molar-refractivity contribution >= 4 is 34.7 Å². The predicted molar refractivity (Wildman–Crippen MR) is 95.8 cm³/mol. The van der Waals surface area contributed by atoms with Crippen LogP contribution in [0.3, 0.4) is 0 Å². The molecule has 2 N–H and O–H groups in total. The van der Waals surface area contributed by atoms with Crippen molar-refractivity contribution in [3.05, 3.63) is 76.7 Å². The molecule has 26 heavy (non-hydrogen) atoms. The molecular weight excluding hydrogens is 357 g/mol. The van der Waals surface area contributed by atoms with Gasteiger partial charge in [0.15, 0.2) is 11.5 Å². The molecule has 0 atom stereocenters. The molecule has 0 aliphatic rings. The van der Waals surface area contributed by atoms with Gasteiger partial charge in [-0.2, -0.15) is 5.26 Å². The van der Waals surface area contributed by atoms with Crippen LogP contribution in [0.1, 0.15) is 16.1 Å². The summed E-state index contributed by atoms with van der Waals surface area (Å²) in [7, 11) is 0. The third kappa shape index (κ3) is 3.94. The van der Waals surface area contributed by atoms with E-state index < -0.39 is 11.7 Å². The number of hydrogen-bond acceptors (Lipinski definition) is 5. The largest absolute Gasteiger partial charge is 0.338 e. The van der Waals surface area contributed by atoms with E-state index in [-0.39, 0.29) is 10.7 Å². The summed E-state index contributed by atoms with van der Waals surface area (Å²) in [5.41, 5.74) is 1.46. The molecule has 0 saturated heterocycles. The smallest absolute Gasteiger partial charge is 0.276 e. The minimum atomic E-state index is -0.572. The lowest BCUT2D eigenvalue weighted by Crippen LogP contribution is -2.14. The number of aromatic nitrogens is 2. The fourth-order valence-electron chi connectivity index (χ4n) is 2.12. The molecule has 3 aromatic rings. The van der Waals surface area contributed by atoms with E-state index in [9.17, 15) is 9.18 Å². The Hall–Kier alpha value is -3.50. The number of rotatable bonds is 4. The molecule has 1 amide bonds. The number of benzene rings is 2. The summed E-state index contributed by atoms with van der Waals surface area (Å²) >= 11 is 5.68. The van der Waals surface area contributed by atoms with Crippen LogP contribution in [0, 0.1) is 17.1 Å². The van der Waals surface area contributed by atoms with Crippen molar-refractivity contribution in [1.29, 1.82) is 5.26 Å². The van der Waals surface area contributed by atoms with Crippen molar-refractivity contribution in [1.82, 2.24) is 10.2 Å². The Bertz CT molecular complexity index is 1000. The normalized spacial score (nSPS) is 10.0. The molecule has 0 bridgehead atoms. The first-order valence-corrected chi connectivity index (χ1v) is 7.81. The molecule has 8 heteroatoms. The maximum Gasteiger partial charge on any atom is 0.276 e. The van der Waals surface area contributed by atoms with Crippen LogP contribution in [-0.2, 0) is 0 Å². The van der Waals surface area contributed by atoms with Gasteiger partial charge < -0.3 is 10.6 Å². The molecule has 3 rings (SSSR count). The van der Waals surface area contributed by atoms with Gasteiger partial charge in [-0.15, -0.1) is 10.2 Å². The Balaban J connectivity index is 1.71. The van der Waals surface area contributed by atoms with Crippen LogP contribution in [0.4, 0.5) is 21.6 Å². The average molecular weight is 368 g/mol. The zero-order valence-electron chi connectivity index (χ0n) is 13.2. The lowest BCUT2D eigenvalue weighted by Gasteiger charge is -2.08. The van der Waals surface area contributed by atoms with E-state index >= 15 is 0 Å².